The molecule has 0 amide bonds. The largest absolute Gasteiger partial charge is 0.507 e. The molecule has 0 radical (unpaired) electrons. The fourth-order valence-electron chi connectivity index (χ4n) is 4.15. The summed E-state index contributed by atoms with van der Waals surface area (Å²) in [5.74, 6) is 1.96. The van der Waals surface area contributed by atoms with Crippen molar-refractivity contribution >= 4 is 0 Å². The van der Waals surface area contributed by atoms with Gasteiger partial charge in [0, 0.05) is 11.1 Å². The van der Waals surface area contributed by atoms with E-state index < -0.39 is 0 Å². The van der Waals surface area contributed by atoms with Gasteiger partial charge in [-0.1, -0.05) is 67.5 Å². The second-order valence-corrected chi connectivity index (χ2v) is 9.25. The van der Waals surface area contributed by atoms with Crippen molar-refractivity contribution in [1.82, 2.24) is 0 Å². The molecule has 0 aliphatic heterocycles. The zero-order valence-electron chi connectivity index (χ0n) is 20.3. The Morgan fingerprint density at radius 2 is 0.833 bits per heavy atom. The van der Waals surface area contributed by atoms with Gasteiger partial charge >= 0.3 is 0 Å². The van der Waals surface area contributed by atoms with Gasteiger partial charge in [0.1, 0.15) is 11.5 Å². The first-order valence-corrected chi connectivity index (χ1v) is 11.9. The smallest absolute Gasteiger partial charge is 0.124 e. The molecule has 0 saturated heterocycles. The molecule has 2 nitrogen and oxygen atoms in total. The number of hydrogen-bond acceptors (Lipinski definition) is 2. The van der Waals surface area contributed by atoms with Crippen LogP contribution < -0.4 is 0 Å². The van der Waals surface area contributed by atoms with Gasteiger partial charge in [0.15, 0.2) is 0 Å². The van der Waals surface area contributed by atoms with Crippen LogP contribution in [0.1, 0.15) is 127 Å². The maximum Gasteiger partial charge on any atom is 0.124 e. The van der Waals surface area contributed by atoms with Crippen LogP contribution in [-0.2, 0) is 0 Å². The third-order valence-electron chi connectivity index (χ3n) is 7.24. The number of phenols is 2. The predicted molar refractivity (Wildman–Crippen MR) is 130 cm³/mol. The van der Waals surface area contributed by atoms with Crippen LogP contribution in [0.15, 0.2) is 24.3 Å². The zero-order valence-corrected chi connectivity index (χ0v) is 20.3. The highest BCUT2D eigenvalue weighted by atomic mass is 16.3. The second-order valence-electron chi connectivity index (χ2n) is 9.25. The first-order chi connectivity index (χ1) is 14.2. The van der Waals surface area contributed by atoms with Crippen LogP contribution in [0.5, 0.6) is 11.5 Å². The Labute approximate surface area is 184 Å². The summed E-state index contributed by atoms with van der Waals surface area (Å²) in [6, 6.07) is 8.36. The molecule has 0 bridgehead atoms. The molecular weight excluding hydrogens is 368 g/mol. The molecule has 30 heavy (non-hydrogen) atoms. The number of benzene rings is 2. The van der Waals surface area contributed by atoms with Crippen LogP contribution in [0.2, 0.25) is 0 Å². The van der Waals surface area contributed by atoms with Crippen LogP contribution in [0.3, 0.4) is 0 Å². The number of rotatable bonds is 9. The molecule has 0 heterocycles. The van der Waals surface area contributed by atoms with E-state index >= 15 is 0 Å². The van der Waals surface area contributed by atoms with Gasteiger partial charge in [0.25, 0.3) is 0 Å². The zero-order chi connectivity index (χ0) is 22.6. The number of phenolic OH excluding ortho intramolecular Hbond substituents is 2. The fourth-order valence-corrected chi connectivity index (χ4v) is 4.15. The molecule has 2 aromatic carbocycles. The van der Waals surface area contributed by atoms with Gasteiger partial charge in [-0.2, -0.15) is 0 Å². The van der Waals surface area contributed by atoms with Gasteiger partial charge in [0.05, 0.1) is 0 Å². The summed E-state index contributed by atoms with van der Waals surface area (Å²) in [5.41, 5.74) is 6.28. The Morgan fingerprint density at radius 3 is 1.10 bits per heavy atom. The van der Waals surface area contributed by atoms with Crippen LogP contribution in [0.25, 0.3) is 11.1 Å². The van der Waals surface area contributed by atoms with Crippen molar-refractivity contribution < 1.29 is 10.2 Å². The molecule has 0 aromatic heterocycles. The molecule has 166 valence electrons. The lowest BCUT2D eigenvalue weighted by atomic mass is 9.80. The summed E-state index contributed by atoms with van der Waals surface area (Å²) in [6.45, 7) is 17.6. The van der Waals surface area contributed by atoms with Crippen molar-refractivity contribution in [2.24, 2.45) is 0 Å². The average molecular weight is 411 g/mol. The summed E-state index contributed by atoms with van der Waals surface area (Å²) in [5, 5.41) is 22.5. The molecule has 0 fully saturated rings. The normalized spacial score (nSPS) is 15.6. The molecule has 0 spiro atoms. The van der Waals surface area contributed by atoms with E-state index in [2.05, 4.69) is 67.5 Å². The minimum absolute atomic E-state index is 0.291. The van der Waals surface area contributed by atoms with Gasteiger partial charge in [-0.05, 0) is 83.7 Å². The molecular formula is C28H42O2. The lowest BCUT2D eigenvalue weighted by Crippen LogP contribution is -2.05. The second kappa shape index (κ2) is 10.4. The molecule has 0 aliphatic rings. The molecule has 2 rings (SSSR count). The highest BCUT2D eigenvalue weighted by molar-refractivity contribution is 5.83. The maximum absolute atomic E-state index is 11.2. The highest BCUT2D eigenvalue weighted by Crippen LogP contribution is 2.48. The van der Waals surface area contributed by atoms with E-state index in [0.29, 0.717) is 35.2 Å². The van der Waals surface area contributed by atoms with E-state index in [-0.39, 0.29) is 0 Å². The van der Waals surface area contributed by atoms with Crippen molar-refractivity contribution in [3.05, 3.63) is 46.5 Å². The van der Waals surface area contributed by atoms with Crippen molar-refractivity contribution in [1.29, 1.82) is 0 Å². The molecule has 4 unspecified atom stereocenters. The van der Waals surface area contributed by atoms with Gasteiger partial charge in [-0.3, -0.25) is 0 Å². The Hall–Kier alpha value is -1.96. The van der Waals surface area contributed by atoms with E-state index in [0.717, 1.165) is 47.9 Å². The van der Waals surface area contributed by atoms with Gasteiger partial charge in [-0.15, -0.1) is 0 Å². The number of hydrogen-bond donors (Lipinski definition) is 2. The molecule has 2 aromatic rings. The Balaban J connectivity index is 2.88. The quantitative estimate of drug-likeness (QED) is 0.433. The van der Waals surface area contributed by atoms with E-state index in [1.165, 1.54) is 11.1 Å². The van der Waals surface area contributed by atoms with E-state index in [4.69, 9.17) is 0 Å². The summed E-state index contributed by atoms with van der Waals surface area (Å²) in [7, 11) is 0. The van der Waals surface area contributed by atoms with Crippen LogP contribution >= 0.6 is 0 Å². The van der Waals surface area contributed by atoms with Crippen LogP contribution in [0, 0.1) is 0 Å². The van der Waals surface area contributed by atoms with E-state index in [1.54, 1.807) is 0 Å². The lowest BCUT2D eigenvalue weighted by Gasteiger charge is -2.25. The predicted octanol–water partition coefficient (Wildman–Crippen LogP) is 8.82. The summed E-state index contributed by atoms with van der Waals surface area (Å²) in [6.07, 6.45) is 4.04. The van der Waals surface area contributed by atoms with Gasteiger partial charge < -0.3 is 10.2 Å². The topological polar surface area (TPSA) is 40.5 Å². The summed E-state index contributed by atoms with van der Waals surface area (Å²) < 4.78 is 0. The SMILES string of the molecule is CCC(C)c1cc(O)c(-c2c(O)cc(C(C)CC)cc2C(C)CC)c(C(C)CC)c1. The standard InChI is InChI=1S/C28H42O2/c1-9-17(5)21-13-23(19(7)11-3)27(25(29)15-21)28-24(20(8)12-4)14-22(16-26(28)30)18(6)10-2/h13-20,29-30H,9-12H2,1-8H3. The van der Waals surface area contributed by atoms with Gasteiger partial charge in [0.2, 0.25) is 0 Å². The third kappa shape index (κ3) is 4.85. The van der Waals surface area contributed by atoms with E-state index in [1.807, 2.05) is 12.1 Å². The monoisotopic (exact) mass is 410 g/mol. The molecule has 4 atom stereocenters. The first-order valence-electron chi connectivity index (χ1n) is 11.9. The molecule has 0 aliphatic carbocycles. The van der Waals surface area contributed by atoms with Crippen molar-refractivity contribution in [2.45, 2.75) is 105 Å². The number of aromatic hydroxyl groups is 2. The fraction of sp³-hybridized carbons (Fsp3) is 0.571. The molecule has 2 N–H and O–H groups in total. The first kappa shape index (κ1) is 24.3. The van der Waals surface area contributed by atoms with Gasteiger partial charge in [-0.25, -0.2) is 0 Å². The minimum atomic E-state index is 0.291. The van der Waals surface area contributed by atoms with E-state index in [9.17, 15) is 10.2 Å². The van der Waals surface area contributed by atoms with Crippen molar-refractivity contribution in [3.63, 3.8) is 0 Å². The Bertz CT molecular complexity index is 781. The molecule has 0 saturated carbocycles. The lowest BCUT2D eigenvalue weighted by molar-refractivity contribution is 0.465. The van der Waals surface area contributed by atoms with Crippen molar-refractivity contribution in [3.8, 4) is 22.6 Å². The van der Waals surface area contributed by atoms with Crippen molar-refractivity contribution in [2.75, 3.05) is 0 Å². The third-order valence-corrected chi connectivity index (χ3v) is 7.24. The van der Waals surface area contributed by atoms with Crippen LogP contribution in [-0.4, -0.2) is 10.2 Å². The summed E-state index contributed by atoms with van der Waals surface area (Å²) in [4.78, 5) is 0. The minimum Gasteiger partial charge on any atom is -0.507 e. The summed E-state index contributed by atoms with van der Waals surface area (Å²) >= 11 is 0. The highest BCUT2D eigenvalue weighted by Gasteiger charge is 2.25. The average Bonchev–Trinajstić information content (AvgIpc) is 2.76. The van der Waals surface area contributed by atoms with Crippen LogP contribution in [0.4, 0.5) is 0 Å². The molecule has 2 heteroatoms. The Morgan fingerprint density at radius 1 is 0.533 bits per heavy atom. The maximum atomic E-state index is 11.2. The Kier molecular flexibility index (Phi) is 8.41.